The second kappa shape index (κ2) is 7.45. The Morgan fingerprint density at radius 3 is 2.04 bits per heavy atom. The molecule has 0 fully saturated rings. The lowest BCUT2D eigenvalue weighted by Gasteiger charge is -2.39. The van der Waals surface area contributed by atoms with E-state index >= 15 is 0 Å². The van der Waals surface area contributed by atoms with Gasteiger partial charge < -0.3 is 4.74 Å². The molecule has 0 unspecified atom stereocenters. The van der Waals surface area contributed by atoms with Crippen LogP contribution in [-0.2, 0) is 14.3 Å². The first kappa shape index (κ1) is 19.9. The molecule has 0 saturated heterocycles. The molecule has 138 valence electrons. The molecule has 0 N–H and O–H groups in total. The molecule has 0 aliphatic rings. The summed E-state index contributed by atoms with van der Waals surface area (Å²) >= 11 is 0. The highest BCUT2D eigenvalue weighted by Gasteiger charge is 2.38. The molecule has 3 nitrogen and oxygen atoms in total. The Bertz CT molecular complexity index is 818. The quantitative estimate of drug-likeness (QED) is 0.419. The highest BCUT2D eigenvalue weighted by Crippen LogP contribution is 2.36. The summed E-state index contributed by atoms with van der Waals surface area (Å²) in [7, 11) is 0. The van der Waals surface area contributed by atoms with Crippen LogP contribution in [0.1, 0.15) is 47.1 Å². The van der Waals surface area contributed by atoms with Crippen molar-refractivity contribution in [1.82, 2.24) is 0 Å². The highest BCUT2D eigenvalue weighted by molar-refractivity contribution is 6.39. The molecule has 3 heteroatoms. The molecule has 0 aliphatic heterocycles. The number of rotatable bonds is 4. The topological polar surface area (TPSA) is 43.4 Å². The van der Waals surface area contributed by atoms with Crippen molar-refractivity contribution >= 4 is 28.6 Å². The van der Waals surface area contributed by atoms with E-state index in [0.717, 1.165) is 16.3 Å². The van der Waals surface area contributed by atoms with Gasteiger partial charge in [0, 0.05) is 0 Å². The first-order valence-corrected chi connectivity index (χ1v) is 8.90. The second-order valence-electron chi connectivity index (χ2n) is 8.82. The van der Waals surface area contributed by atoms with Crippen LogP contribution in [-0.4, -0.2) is 17.9 Å². The maximum absolute atomic E-state index is 12.3. The van der Waals surface area contributed by atoms with Crippen molar-refractivity contribution in [2.75, 3.05) is 0 Å². The molecule has 0 radical (unpaired) electrons. The molecule has 0 bridgehead atoms. The van der Waals surface area contributed by atoms with Gasteiger partial charge in [0.25, 0.3) is 5.78 Å². The summed E-state index contributed by atoms with van der Waals surface area (Å²) in [5.74, 6) is -1.45. The lowest BCUT2D eigenvalue weighted by molar-refractivity contribution is -0.167. The van der Waals surface area contributed by atoms with Gasteiger partial charge in [-0.25, -0.2) is 4.79 Å². The fraction of sp³-hybridized carbons (Fsp3) is 0.391. The van der Waals surface area contributed by atoms with Gasteiger partial charge in [-0.05, 0) is 39.3 Å². The molecule has 0 aliphatic carbocycles. The minimum atomic E-state index is -0.808. The number of hydrogen-bond donors (Lipinski definition) is 0. The summed E-state index contributed by atoms with van der Waals surface area (Å²) in [5, 5.41) is 2.22. The number of ketones is 1. The van der Waals surface area contributed by atoms with Crippen LogP contribution in [0.2, 0.25) is 0 Å². The largest absolute Gasteiger partial charge is 0.455 e. The Labute approximate surface area is 156 Å². The van der Waals surface area contributed by atoms with Gasteiger partial charge in [0.2, 0.25) is 0 Å². The van der Waals surface area contributed by atoms with Crippen LogP contribution in [0.3, 0.4) is 0 Å². The van der Waals surface area contributed by atoms with Crippen molar-refractivity contribution in [3.63, 3.8) is 0 Å². The van der Waals surface area contributed by atoms with E-state index in [4.69, 9.17) is 4.74 Å². The summed E-state index contributed by atoms with van der Waals surface area (Å²) in [6.45, 7) is 12.0. The lowest BCUT2D eigenvalue weighted by Crippen LogP contribution is -2.43. The summed E-state index contributed by atoms with van der Waals surface area (Å²) in [6.07, 6.45) is 2.58. The van der Waals surface area contributed by atoms with Gasteiger partial charge in [-0.3, -0.25) is 4.79 Å². The summed E-state index contributed by atoms with van der Waals surface area (Å²) < 4.78 is 5.56. The minimum Gasteiger partial charge on any atom is -0.455 e. The van der Waals surface area contributed by atoms with Gasteiger partial charge in [-0.2, -0.15) is 0 Å². The predicted octanol–water partition coefficient (Wildman–Crippen LogP) is 5.43. The van der Waals surface area contributed by atoms with Crippen LogP contribution in [0.15, 0.2) is 48.5 Å². The van der Waals surface area contributed by atoms with Crippen LogP contribution in [0.25, 0.3) is 16.8 Å². The SMILES string of the molecule is CC(C)(C)C(OC(=O)C(=O)/C=C/c1ccc2ccccc2c1)C(C)(C)C. The van der Waals surface area contributed by atoms with Gasteiger partial charge in [0.15, 0.2) is 0 Å². The van der Waals surface area contributed by atoms with E-state index < -0.39 is 11.8 Å². The van der Waals surface area contributed by atoms with Gasteiger partial charge in [-0.15, -0.1) is 0 Å². The molecule has 0 spiro atoms. The molecule has 0 atom stereocenters. The normalized spacial score (nSPS) is 12.7. The number of hydrogen-bond acceptors (Lipinski definition) is 3. The molecule has 0 heterocycles. The second-order valence-corrected chi connectivity index (χ2v) is 8.82. The van der Waals surface area contributed by atoms with Crippen LogP contribution in [0.4, 0.5) is 0 Å². The zero-order valence-corrected chi connectivity index (χ0v) is 16.5. The predicted molar refractivity (Wildman–Crippen MR) is 107 cm³/mol. The van der Waals surface area contributed by atoms with Crippen LogP contribution < -0.4 is 0 Å². The number of benzene rings is 2. The first-order valence-electron chi connectivity index (χ1n) is 8.90. The Hall–Kier alpha value is -2.42. The Balaban J connectivity index is 2.12. The van der Waals surface area contributed by atoms with Crippen molar-refractivity contribution in [2.24, 2.45) is 10.8 Å². The van der Waals surface area contributed by atoms with Gasteiger partial charge in [0.05, 0.1) is 0 Å². The monoisotopic (exact) mass is 352 g/mol. The molecule has 2 aromatic carbocycles. The smallest absolute Gasteiger partial charge is 0.379 e. The van der Waals surface area contributed by atoms with Crippen molar-refractivity contribution in [2.45, 2.75) is 47.6 Å². The van der Waals surface area contributed by atoms with Crippen LogP contribution in [0, 0.1) is 10.8 Å². The summed E-state index contributed by atoms with van der Waals surface area (Å²) in [5.41, 5.74) is 0.361. The standard InChI is InChI=1S/C23H28O3/c1-22(2,3)21(23(4,5)6)26-20(25)19(24)14-12-16-11-13-17-9-7-8-10-18(17)15-16/h7-15,21H,1-6H3/b14-12+. The minimum absolute atomic E-state index is 0.254. The average molecular weight is 352 g/mol. The molecule has 0 saturated carbocycles. The van der Waals surface area contributed by atoms with E-state index in [1.807, 2.05) is 84.0 Å². The maximum Gasteiger partial charge on any atom is 0.379 e. The third-order valence-corrected chi connectivity index (χ3v) is 4.20. The molecule has 2 rings (SSSR count). The molecular formula is C23H28O3. The average Bonchev–Trinajstić information content (AvgIpc) is 2.55. The molecule has 2 aromatic rings. The van der Waals surface area contributed by atoms with Crippen LogP contribution in [0.5, 0.6) is 0 Å². The zero-order valence-electron chi connectivity index (χ0n) is 16.5. The van der Waals surface area contributed by atoms with Gasteiger partial charge in [-0.1, -0.05) is 84.0 Å². The molecule has 0 amide bonds. The van der Waals surface area contributed by atoms with Crippen molar-refractivity contribution in [3.8, 4) is 0 Å². The highest BCUT2D eigenvalue weighted by atomic mass is 16.6. The molecule has 26 heavy (non-hydrogen) atoms. The van der Waals surface area contributed by atoms with Crippen LogP contribution >= 0.6 is 0 Å². The number of ether oxygens (including phenoxy) is 1. The van der Waals surface area contributed by atoms with Gasteiger partial charge >= 0.3 is 5.97 Å². The summed E-state index contributed by atoms with van der Waals surface area (Å²) in [6, 6.07) is 13.9. The Kier molecular flexibility index (Phi) is 5.70. The first-order chi connectivity index (χ1) is 12.0. The Morgan fingerprint density at radius 1 is 0.885 bits per heavy atom. The van der Waals surface area contributed by atoms with E-state index in [-0.39, 0.29) is 16.9 Å². The van der Waals surface area contributed by atoms with E-state index in [1.54, 1.807) is 6.08 Å². The number of esters is 1. The fourth-order valence-electron chi connectivity index (χ4n) is 3.37. The summed E-state index contributed by atoms with van der Waals surface area (Å²) in [4.78, 5) is 24.5. The lowest BCUT2D eigenvalue weighted by atomic mass is 9.74. The number of carbonyl (C=O) groups excluding carboxylic acids is 2. The van der Waals surface area contributed by atoms with E-state index in [1.165, 1.54) is 6.08 Å². The van der Waals surface area contributed by atoms with Crippen molar-refractivity contribution in [3.05, 3.63) is 54.1 Å². The number of carbonyl (C=O) groups is 2. The Morgan fingerprint density at radius 2 is 1.46 bits per heavy atom. The third-order valence-electron chi connectivity index (χ3n) is 4.20. The molecular weight excluding hydrogens is 324 g/mol. The third kappa shape index (κ3) is 5.04. The van der Waals surface area contributed by atoms with Crippen molar-refractivity contribution in [1.29, 1.82) is 0 Å². The van der Waals surface area contributed by atoms with Crippen molar-refractivity contribution < 1.29 is 14.3 Å². The van der Waals surface area contributed by atoms with E-state index in [2.05, 4.69) is 0 Å². The maximum atomic E-state index is 12.3. The van der Waals surface area contributed by atoms with Gasteiger partial charge in [0.1, 0.15) is 6.10 Å². The fourth-order valence-corrected chi connectivity index (χ4v) is 3.37. The zero-order chi connectivity index (χ0) is 19.5. The number of fused-ring (bicyclic) bond motifs is 1. The van der Waals surface area contributed by atoms with E-state index in [9.17, 15) is 9.59 Å². The van der Waals surface area contributed by atoms with E-state index in [0.29, 0.717) is 0 Å². The molecule has 0 aromatic heterocycles.